The molecule has 1 aromatic heterocycles. The van der Waals surface area contributed by atoms with Gasteiger partial charge in [0, 0.05) is 37.0 Å². The van der Waals surface area contributed by atoms with Crippen molar-refractivity contribution in [1.82, 2.24) is 9.88 Å². The predicted molar refractivity (Wildman–Crippen MR) is 116 cm³/mol. The predicted octanol–water partition coefficient (Wildman–Crippen LogP) is 3.19. The molecular weight excluding hydrogens is 396 g/mol. The van der Waals surface area contributed by atoms with E-state index in [0.29, 0.717) is 12.1 Å². The van der Waals surface area contributed by atoms with Gasteiger partial charge in [-0.1, -0.05) is 30.3 Å². The van der Waals surface area contributed by atoms with Gasteiger partial charge in [0.05, 0.1) is 6.10 Å². The van der Waals surface area contributed by atoms with Crippen molar-refractivity contribution in [2.24, 2.45) is 0 Å². The van der Waals surface area contributed by atoms with Crippen molar-refractivity contribution < 1.29 is 23.9 Å². The number of carbonyl (C=O) groups is 3. The first kappa shape index (κ1) is 22.5. The van der Waals surface area contributed by atoms with Gasteiger partial charge in [0.15, 0.2) is 6.61 Å². The number of Topliss-reactive ketones (excluding diaryl/α,β-unsaturated/α-hetero) is 1. The molecule has 0 radical (unpaired) electrons. The molecule has 0 bridgehead atoms. The van der Waals surface area contributed by atoms with E-state index < -0.39 is 18.5 Å². The third kappa shape index (κ3) is 5.92. The summed E-state index contributed by atoms with van der Waals surface area (Å²) in [6.07, 6.45) is 3.74. The normalized spacial score (nSPS) is 16.2. The van der Waals surface area contributed by atoms with Crippen molar-refractivity contribution in [1.29, 1.82) is 0 Å². The van der Waals surface area contributed by atoms with Gasteiger partial charge in [0.2, 0.25) is 11.7 Å². The molecule has 1 fully saturated rings. The molecule has 3 rings (SSSR count). The summed E-state index contributed by atoms with van der Waals surface area (Å²) in [5, 5.41) is 2.47. The van der Waals surface area contributed by atoms with Crippen LogP contribution in [0.25, 0.3) is 6.08 Å². The number of carbonyl (C=O) groups excluding carboxylic acids is 3. The fourth-order valence-electron chi connectivity index (χ4n) is 3.69. The second-order valence-electron chi connectivity index (χ2n) is 7.68. The molecule has 0 aliphatic carbocycles. The topological polar surface area (TPSA) is 86.6 Å². The lowest BCUT2D eigenvalue weighted by Gasteiger charge is -2.14. The lowest BCUT2D eigenvalue weighted by Crippen LogP contribution is -2.27. The molecule has 1 aliphatic heterocycles. The van der Waals surface area contributed by atoms with E-state index in [-0.39, 0.29) is 17.6 Å². The standard InChI is InChI=1S/C24H28N2O5/c1-16-12-21(17(2)26(16)14-20-10-7-11-30-20)23(28)15-31-24(29)22(25-18(3)27)13-19-8-5-4-6-9-19/h4-6,8-9,12-13,20H,7,10-11,14-15H2,1-3H3,(H,25,27)/b22-13-/t20-/m0/s1. The first-order chi connectivity index (χ1) is 14.8. The molecular formula is C24H28N2O5. The molecule has 31 heavy (non-hydrogen) atoms. The maximum absolute atomic E-state index is 12.7. The maximum Gasteiger partial charge on any atom is 0.355 e. The second kappa shape index (κ2) is 10.2. The van der Waals surface area contributed by atoms with Crippen molar-refractivity contribution in [2.75, 3.05) is 13.2 Å². The molecule has 1 N–H and O–H groups in total. The number of nitrogens with one attached hydrogen (secondary N) is 1. The highest BCUT2D eigenvalue weighted by atomic mass is 16.5. The molecule has 0 saturated carbocycles. The SMILES string of the molecule is CC(=O)N/C(=C\c1ccccc1)C(=O)OCC(=O)c1cc(C)n(C[C@@H]2CCCO2)c1C. The van der Waals surface area contributed by atoms with Crippen LogP contribution in [-0.2, 0) is 25.6 Å². The van der Waals surface area contributed by atoms with E-state index >= 15 is 0 Å². The summed E-state index contributed by atoms with van der Waals surface area (Å²) in [6, 6.07) is 10.9. The Morgan fingerprint density at radius 1 is 1.23 bits per heavy atom. The molecule has 0 unspecified atom stereocenters. The van der Waals surface area contributed by atoms with Crippen LogP contribution in [0.5, 0.6) is 0 Å². The Bertz CT molecular complexity index is 985. The summed E-state index contributed by atoms with van der Waals surface area (Å²) in [6.45, 7) is 6.21. The number of aryl methyl sites for hydroxylation is 1. The van der Waals surface area contributed by atoms with Crippen LogP contribution in [0.15, 0.2) is 42.1 Å². The van der Waals surface area contributed by atoms with Gasteiger partial charge in [-0.3, -0.25) is 9.59 Å². The summed E-state index contributed by atoms with van der Waals surface area (Å²) < 4.78 is 13.0. The smallest absolute Gasteiger partial charge is 0.355 e. The van der Waals surface area contributed by atoms with Crippen LogP contribution in [0.3, 0.4) is 0 Å². The molecule has 2 heterocycles. The molecule has 1 amide bonds. The van der Waals surface area contributed by atoms with E-state index in [0.717, 1.165) is 36.4 Å². The first-order valence-electron chi connectivity index (χ1n) is 10.4. The number of hydrogen-bond acceptors (Lipinski definition) is 5. The second-order valence-corrected chi connectivity index (χ2v) is 7.68. The number of amides is 1. The van der Waals surface area contributed by atoms with Gasteiger partial charge >= 0.3 is 5.97 Å². The van der Waals surface area contributed by atoms with E-state index in [1.54, 1.807) is 12.1 Å². The number of benzene rings is 1. The Hall–Kier alpha value is -3.19. The van der Waals surface area contributed by atoms with E-state index in [9.17, 15) is 14.4 Å². The molecule has 1 saturated heterocycles. The van der Waals surface area contributed by atoms with E-state index in [4.69, 9.17) is 9.47 Å². The molecule has 164 valence electrons. The summed E-state index contributed by atoms with van der Waals surface area (Å²) >= 11 is 0. The number of nitrogens with zero attached hydrogens (tertiary/aromatic N) is 1. The zero-order chi connectivity index (χ0) is 22.4. The van der Waals surface area contributed by atoms with Gasteiger partial charge < -0.3 is 19.4 Å². The van der Waals surface area contributed by atoms with Crippen LogP contribution >= 0.6 is 0 Å². The van der Waals surface area contributed by atoms with Gasteiger partial charge in [0.1, 0.15) is 5.70 Å². The average molecular weight is 424 g/mol. The minimum absolute atomic E-state index is 0.0182. The van der Waals surface area contributed by atoms with E-state index in [2.05, 4.69) is 9.88 Å². The Morgan fingerprint density at radius 2 is 1.97 bits per heavy atom. The van der Waals surface area contributed by atoms with Crippen molar-refractivity contribution in [3.05, 3.63) is 64.6 Å². The largest absolute Gasteiger partial charge is 0.453 e. The maximum atomic E-state index is 12.7. The zero-order valence-electron chi connectivity index (χ0n) is 18.1. The summed E-state index contributed by atoms with van der Waals surface area (Å²) in [7, 11) is 0. The van der Waals surface area contributed by atoms with Crippen LogP contribution in [-0.4, -0.2) is 41.5 Å². The summed E-state index contributed by atoms with van der Waals surface area (Å²) in [5.41, 5.74) is 3.03. The summed E-state index contributed by atoms with van der Waals surface area (Å²) in [5.74, 6) is -1.45. The van der Waals surface area contributed by atoms with E-state index in [1.807, 2.05) is 38.1 Å². The van der Waals surface area contributed by atoms with Crippen LogP contribution in [0, 0.1) is 13.8 Å². The average Bonchev–Trinajstić information content (AvgIpc) is 3.35. The van der Waals surface area contributed by atoms with E-state index in [1.165, 1.54) is 13.0 Å². The molecule has 1 aromatic carbocycles. The van der Waals surface area contributed by atoms with Crippen molar-refractivity contribution in [3.63, 3.8) is 0 Å². The first-order valence-corrected chi connectivity index (χ1v) is 10.4. The quantitative estimate of drug-likeness (QED) is 0.400. The van der Waals surface area contributed by atoms with Crippen LogP contribution in [0.1, 0.15) is 47.1 Å². The van der Waals surface area contributed by atoms with Gasteiger partial charge in [-0.2, -0.15) is 0 Å². The van der Waals surface area contributed by atoms with Crippen LogP contribution in [0.4, 0.5) is 0 Å². The van der Waals surface area contributed by atoms with Crippen molar-refractivity contribution in [3.8, 4) is 0 Å². The highest BCUT2D eigenvalue weighted by Crippen LogP contribution is 2.21. The Labute approximate surface area is 182 Å². The lowest BCUT2D eigenvalue weighted by molar-refractivity contribution is -0.139. The van der Waals surface area contributed by atoms with Crippen molar-refractivity contribution in [2.45, 2.75) is 46.3 Å². The number of rotatable bonds is 8. The third-order valence-electron chi connectivity index (χ3n) is 5.26. The molecule has 1 aliphatic rings. The number of ether oxygens (including phenoxy) is 2. The molecule has 2 aromatic rings. The molecule has 1 atom stereocenters. The molecule has 7 heteroatoms. The number of esters is 1. The minimum Gasteiger partial charge on any atom is -0.453 e. The monoisotopic (exact) mass is 424 g/mol. The number of ketones is 1. The number of aromatic nitrogens is 1. The van der Waals surface area contributed by atoms with Crippen LogP contribution < -0.4 is 5.32 Å². The van der Waals surface area contributed by atoms with Gasteiger partial charge in [-0.15, -0.1) is 0 Å². The lowest BCUT2D eigenvalue weighted by atomic mass is 10.1. The summed E-state index contributed by atoms with van der Waals surface area (Å²) in [4.78, 5) is 36.8. The van der Waals surface area contributed by atoms with Crippen molar-refractivity contribution >= 4 is 23.7 Å². The fourth-order valence-corrected chi connectivity index (χ4v) is 3.69. The third-order valence-corrected chi connectivity index (χ3v) is 5.26. The Kier molecular flexibility index (Phi) is 7.41. The highest BCUT2D eigenvalue weighted by Gasteiger charge is 2.22. The number of hydrogen-bond donors (Lipinski definition) is 1. The zero-order valence-corrected chi connectivity index (χ0v) is 18.1. The van der Waals surface area contributed by atoms with Gasteiger partial charge in [0.25, 0.3) is 0 Å². The highest BCUT2D eigenvalue weighted by molar-refractivity contribution is 6.02. The molecule has 7 nitrogen and oxygen atoms in total. The minimum atomic E-state index is -0.763. The molecule has 0 spiro atoms. The Balaban J connectivity index is 1.68. The fraction of sp³-hybridized carbons (Fsp3) is 0.375. The van der Waals surface area contributed by atoms with Gasteiger partial charge in [-0.25, -0.2) is 4.79 Å². The van der Waals surface area contributed by atoms with Crippen LogP contribution in [0.2, 0.25) is 0 Å². The van der Waals surface area contributed by atoms with Gasteiger partial charge in [-0.05, 0) is 44.4 Å². The Morgan fingerprint density at radius 3 is 2.61 bits per heavy atom.